The van der Waals surface area contributed by atoms with Gasteiger partial charge in [-0.2, -0.15) is 0 Å². The van der Waals surface area contributed by atoms with E-state index in [4.69, 9.17) is 5.11 Å². The van der Waals surface area contributed by atoms with Crippen molar-refractivity contribution in [3.8, 4) is 0 Å². The third kappa shape index (κ3) is 2.80. The molecule has 0 aliphatic carbocycles. The van der Waals surface area contributed by atoms with Gasteiger partial charge in [-0.1, -0.05) is 6.92 Å². The van der Waals surface area contributed by atoms with Crippen molar-refractivity contribution in [1.82, 2.24) is 5.32 Å². The average molecular weight is 147 g/mol. The van der Waals surface area contributed by atoms with E-state index in [0.29, 0.717) is 6.54 Å². The lowest BCUT2D eigenvalue weighted by Gasteiger charge is -2.10. The van der Waals surface area contributed by atoms with Gasteiger partial charge in [0.1, 0.15) is 6.04 Å². The quantitative estimate of drug-likeness (QED) is 0.507. The second kappa shape index (κ2) is 5.20. The SMILES string of the molecule is CCNC(CO)C(=O)OC. The first kappa shape index (κ1) is 9.39. The summed E-state index contributed by atoms with van der Waals surface area (Å²) in [6.07, 6.45) is 0. The molecule has 0 spiro atoms. The van der Waals surface area contributed by atoms with Gasteiger partial charge in [0.05, 0.1) is 13.7 Å². The Morgan fingerprint density at radius 1 is 1.80 bits per heavy atom. The van der Waals surface area contributed by atoms with Crippen LogP contribution in [-0.2, 0) is 9.53 Å². The van der Waals surface area contributed by atoms with Crippen LogP contribution in [-0.4, -0.2) is 37.4 Å². The van der Waals surface area contributed by atoms with Crippen molar-refractivity contribution in [2.45, 2.75) is 13.0 Å². The highest BCUT2D eigenvalue weighted by molar-refractivity contribution is 5.75. The molecule has 0 heterocycles. The minimum atomic E-state index is -0.574. The Morgan fingerprint density at radius 3 is 2.70 bits per heavy atom. The van der Waals surface area contributed by atoms with Crippen LogP contribution in [0.2, 0.25) is 0 Å². The van der Waals surface area contributed by atoms with Gasteiger partial charge in [-0.25, -0.2) is 0 Å². The number of nitrogens with one attached hydrogen (secondary N) is 1. The summed E-state index contributed by atoms with van der Waals surface area (Å²) in [5, 5.41) is 11.4. The molecule has 2 N–H and O–H groups in total. The Labute approximate surface area is 60.2 Å². The molecule has 0 aromatic rings. The number of esters is 1. The van der Waals surface area contributed by atoms with Crippen LogP contribution >= 0.6 is 0 Å². The van der Waals surface area contributed by atoms with Crippen molar-refractivity contribution >= 4 is 5.97 Å². The fourth-order valence-electron chi connectivity index (χ4n) is 0.611. The van der Waals surface area contributed by atoms with Crippen LogP contribution in [0.3, 0.4) is 0 Å². The summed E-state index contributed by atoms with van der Waals surface area (Å²) in [6, 6.07) is -0.574. The zero-order chi connectivity index (χ0) is 7.98. The Bertz CT molecular complexity index is 105. The highest BCUT2D eigenvalue weighted by Gasteiger charge is 2.15. The monoisotopic (exact) mass is 147 g/mol. The zero-order valence-corrected chi connectivity index (χ0v) is 6.26. The maximum atomic E-state index is 10.7. The molecule has 0 rings (SSSR count). The van der Waals surface area contributed by atoms with E-state index in [9.17, 15) is 4.79 Å². The molecule has 0 saturated carbocycles. The average Bonchev–Trinajstić information content (AvgIpc) is 1.99. The predicted octanol–water partition coefficient (Wildman–Crippen LogP) is -0.870. The molecular weight excluding hydrogens is 134 g/mol. The molecule has 0 aliphatic heterocycles. The third-order valence-corrected chi connectivity index (χ3v) is 1.12. The summed E-state index contributed by atoms with van der Waals surface area (Å²) in [7, 11) is 1.29. The number of aliphatic hydroxyl groups excluding tert-OH is 1. The lowest BCUT2D eigenvalue weighted by Crippen LogP contribution is -2.40. The highest BCUT2D eigenvalue weighted by Crippen LogP contribution is 1.84. The summed E-state index contributed by atoms with van der Waals surface area (Å²) in [6.45, 7) is 2.27. The van der Waals surface area contributed by atoms with Gasteiger partial charge in [0, 0.05) is 0 Å². The first-order valence-corrected chi connectivity index (χ1v) is 3.18. The van der Waals surface area contributed by atoms with Crippen molar-refractivity contribution in [2.24, 2.45) is 0 Å². The molecule has 0 saturated heterocycles. The van der Waals surface area contributed by atoms with Gasteiger partial charge in [0.15, 0.2) is 0 Å². The van der Waals surface area contributed by atoms with Gasteiger partial charge >= 0.3 is 5.97 Å². The molecule has 0 fully saturated rings. The number of aliphatic hydroxyl groups is 1. The Morgan fingerprint density at radius 2 is 2.40 bits per heavy atom. The molecule has 0 amide bonds. The number of methoxy groups -OCH3 is 1. The topological polar surface area (TPSA) is 58.6 Å². The number of ether oxygens (including phenoxy) is 1. The van der Waals surface area contributed by atoms with Gasteiger partial charge in [0.2, 0.25) is 0 Å². The van der Waals surface area contributed by atoms with E-state index in [2.05, 4.69) is 10.1 Å². The summed E-state index contributed by atoms with van der Waals surface area (Å²) in [4.78, 5) is 10.7. The summed E-state index contributed by atoms with van der Waals surface area (Å²) >= 11 is 0. The molecule has 0 aromatic carbocycles. The smallest absolute Gasteiger partial charge is 0.325 e. The lowest BCUT2D eigenvalue weighted by atomic mass is 10.3. The van der Waals surface area contributed by atoms with E-state index in [1.165, 1.54) is 7.11 Å². The largest absolute Gasteiger partial charge is 0.468 e. The number of rotatable bonds is 4. The molecule has 1 unspecified atom stereocenters. The number of carbonyl (C=O) groups is 1. The van der Waals surface area contributed by atoms with E-state index in [1.807, 2.05) is 6.92 Å². The van der Waals surface area contributed by atoms with Crippen LogP contribution in [0.4, 0.5) is 0 Å². The standard InChI is InChI=1S/C6H13NO3/c1-3-7-5(4-8)6(9)10-2/h5,7-8H,3-4H2,1-2H3. The minimum absolute atomic E-state index is 0.222. The minimum Gasteiger partial charge on any atom is -0.468 e. The fraction of sp³-hybridized carbons (Fsp3) is 0.833. The van der Waals surface area contributed by atoms with Crippen molar-refractivity contribution in [2.75, 3.05) is 20.3 Å². The van der Waals surface area contributed by atoms with Gasteiger partial charge in [-0.3, -0.25) is 4.79 Å². The highest BCUT2D eigenvalue weighted by atomic mass is 16.5. The van der Waals surface area contributed by atoms with Crippen LogP contribution in [0.15, 0.2) is 0 Å². The van der Waals surface area contributed by atoms with E-state index in [0.717, 1.165) is 0 Å². The first-order valence-electron chi connectivity index (χ1n) is 3.18. The maximum Gasteiger partial charge on any atom is 0.325 e. The molecular formula is C6H13NO3. The zero-order valence-electron chi connectivity index (χ0n) is 6.26. The van der Waals surface area contributed by atoms with Gasteiger partial charge < -0.3 is 15.2 Å². The van der Waals surface area contributed by atoms with Crippen LogP contribution in [0.5, 0.6) is 0 Å². The fourth-order valence-corrected chi connectivity index (χ4v) is 0.611. The molecule has 0 radical (unpaired) electrons. The molecule has 4 nitrogen and oxygen atoms in total. The molecule has 4 heteroatoms. The molecule has 1 atom stereocenters. The predicted molar refractivity (Wildman–Crippen MR) is 36.6 cm³/mol. The van der Waals surface area contributed by atoms with Gasteiger partial charge in [-0.15, -0.1) is 0 Å². The number of hydrogen-bond acceptors (Lipinski definition) is 4. The van der Waals surface area contributed by atoms with Crippen molar-refractivity contribution < 1.29 is 14.6 Å². The van der Waals surface area contributed by atoms with Gasteiger partial charge in [0.25, 0.3) is 0 Å². The van der Waals surface area contributed by atoms with E-state index < -0.39 is 12.0 Å². The molecule has 60 valence electrons. The molecule has 0 bridgehead atoms. The van der Waals surface area contributed by atoms with E-state index in [-0.39, 0.29) is 6.61 Å². The summed E-state index contributed by atoms with van der Waals surface area (Å²) in [5.41, 5.74) is 0. The first-order chi connectivity index (χ1) is 4.76. The third-order valence-electron chi connectivity index (χ3n) is 1.12. The Kier molecular flexibility index (Phi) is 4.88. The number of carbonyl (C=O) groups excluding carboxylic acids is 1. The summed E-state index contributed by atoms with van der Waals surface area (Å²) in [5.74, 6) is -0.427. The van der Waals surface area contributed by atoms with Crippen molar-refractivity contribution in [3.63, 3.8) is 0 Å². The van der Waals surface area contributed by atoms with Crippen LogP contribution in [0, 0.1) is 0 Å². The lowest BCUT2D eigenvalue weighted by molar-refractivity contribution is -0.144. The van der Waals surface area contributed by atoms with Gasteiger partial charge in [-0.05, 0) is 6.54 Å². The number of likely N-dealkylation sites (N-methyl/N-ethyl adjacent to an activating group) is 1. The number of hydrogen-bond donors (Lipinski definition) is 2. The maximum absolute atomic E-state index is 10.7. The summed E-state index contributed by atoms with van der Waals surface area (Å²) < 4.78 is 4.39. The van der Waals surface area contributed by atoms with Crippen LogP contribution in [0.25, 0.3) is 0 Å². The molecule has 0 aromatic heterocycles. The normalized spacial score (nSPS) is 12.7. The van der Waals surface area contributed by atoms with Crippen LogP contribution in [0.1, 0.15) is 6.92 Å². The van der Waals surface area contributed by atoms with Crippen molar-refractivity contribution in [3.05, 3.63) is 0 Å². The second-order valence-electron chi connectivity index (χ2n) is 1.82. The second-order valence-corrected chi connectivity index (χ2v) is 1.82. The van der Waals surface area contributed by atoms with Crippen LogP contribution < -0.4 is 5.32 Å². The Balaban J connectivity index is 3.68. The Hall–Kier alpha value is -0.610. The van der Waals surface area contributed by atoms with E-state index in [1.54, 1.807) is 0 Å². The molecule has 10 heavy (non-hydrogen) atoms. The molecule has 0 aliphatic rings. The van der Waals surface area contributed by atoms with E-state index >= 15 is 0 Å². The van der Waals surface area contributed by atoms with Crippen molar-refractivity contribution in [1.29, 1.82) is 0 Å².